The molecule has 0 radical (unpaired) electrons. The molecule has 1 heterocycles. The van der Waals surface area contributed by atoms with E-state index < -0.39 is 15.4 Å². The monoisotopic (exact) mass is 387 g/mol. The minimum absolute atomic E-state index is 0.0532. The van der Waals surface area contributed by atoms with Gasteiger partial charge in [0.25, 0.3) is 0 Å². The van der Waals surface area contributed by atoms with Gasteiger partial charge in [-0.1, -0.05) is 31.5 Å². The highest BCUT2D eigenvalue weighted by molar-refractivity contribution is 7.91. The molecule has 1 aromatic carbocycles. The van der Waals surface area contributed by atoms with E-state index in [1.807, 2.05) is 34.6 Å². The number of hydrogen-bond acceptors (Lipinski definition) is 4. The third-order valence-corrected chi connectivity index (χ3v) is 6.26. The van der Waals surface area contributed by atoms with Crippen LogP contribution in [0.5, 0.6) is 0 Å². The van der Waals surface area contributed by atoms with Gasteiger partial charge in [0.15, 0.2) is 9.84 Å². The van der Waals surface area contributed by atoms with Crippen LogP contribution in [0, 0.1) is 5.92 Å². The number of carbonyl (C=O) groups excluding carboxylic acids is 1. The maximum atomic E-state index is 12.3. The average Bonchev–Trinajstić information content (AvgIpc) is 2.34. The first-order valence-electron chi connectivity index (χ1n) is 8.39. The number of halogens is 1. The summed E-state index contributed by atoms with van der Waals surface area (Å²) < 4.78 is 29.9. The van der Waals surface area contributed by atoms with Crippen LogP contribution in [-0.4, -0.2) is 43.9 Å². The molecule has 1 aliphatic heterocycles. The van der Waals surface area contributed by atoms with Gasteiger partial charge in [0.2, 0.25) is 0 Å². The molecule has 0 spiro atoms. The molecule has 0 saturated carbocycles. The van der Waals surface area contributed by atoms with Gasteiger partial charge < -0.3 is 9.64 Å². The van der Waals surface area contributed by atoms with Crippen LogP contribution in [0.3, 0.4) is 0 Å². The van der Waals surface area contributed by atoms with E-state index in [-0.39, 0.29) is 28.6 Å². The molecule has 1 aliphatic rings. The van der Waals surface area contributed by atoms with Gasteiger partial charge in [0.05, 0.1) is 10.6 Å². The van der Waals surface area contributed by atoms with Gasteiger partial charge in [-0.3, -0.25) is 0 Å². The van der Waals surface area contributed by atoms with Crippen molar-refractivity contribution < 1.29 is 17.9 Å². The minimum atomic E-state index is -3.33. The number of rotatable bonds is 4. The zero-order valence-corrected chi connectivity index (χ0v) is 16.9. The molecule has 7 heteroatoms. The molecular formula is C18H26ClNO4S. The molecule has 0 N–H and O–H groups in total. The van der Waals surface area contributed by atoms with Crippen LogP contribution in [0.15, 0.2) is 23.1 Å². The van der Waals surface area contributed by atoms with Crippen molar-refractivity contribution in [2.24, 2.45) is 5.92 Å². The van der Waals surface area contributed by atoms with Crippen molar-refractivity contribution in [3.05, 3.63) is 28.8 Å². The number of nitrogens with zero attached hydrogens (tertiary/aromatic N) is 1. The Balaban J connectivity index is 2.05. The first-order chi connectivity index (χ1) is 11.4. The molecule has 1 amide bonds. The quantitative estimate of drug-likeness (QED) is 0.780. The van der Waals surface area contributed by atoms with Crippen molar-refractivity contribution in [2.75, 3.05) is 18.8 Å². The summed E-state index contributed by atoms with van der Waals surface area (Å²) in [5, 5.41) is 0.429. The van der Waals surface area contributed by atoms with Crippen LogP contribution in [0.25, 0.3) is 0 Å². The van der Waals surface area contributed by atoms with Crippen LogP contribution >= 0.6 is 11.6 Å². The first-order valence-corrected chi connectivity index (χ1v) is 10.4. The van der Waals surface area contributed by atoms with Gasteiger partial charge in [-0.25, -0.2) is 13.2 Å². The summed E-state index contributed by atoms with van der Waals surface area (Å²) in [6.07, 6.45) is -0.337. The van der Waals surface area contributed by atoms with Gasteiger partial charge in [0.1, 0.15) is 5.60 Å². The van der Waals surface area contributed by atoms with Crippen molar-refractivity contribution in [3.8, 4) is 0 Å². The second kappa shape index (κ2) is 7.16. The highest BCUT2D eigenvalue weighted by atomic mass is 35.5. The summed E-state index contributed by atoms with van der Waals surface area (Å²) in [4.78, 5) is 13.9. The van der Waals surface area contributed by atoms with Crippen LogP contribution in [-0.2, 0) is 14.6 Å². The molecule has 1 fully saturated rings. The molecule has 140 valence electrons. The Morgan fingerprint density at radius 3 is 2.40 bits per heavy atom. The normalized spacial score (nSPS) is 16.0. The maximum Gasteiger partial charge on any atom is 0.410 e. The van der Waals surface area contributed by atoms with Gasteiger partial charge in [0, 0.05) is 24.0 Å². The van der Waals surface area contributed by atoms with E-state index in [1.165, 1.54) is 6.07 Å². The fourth-order valence-electron chi connectivity index (χ4n) is 2.72. The summed E-state index contributed by atoms with van der Waals surface area (Å²) in [5.41, 5.74) is 0.344. The minimum Gasteiger partial charge on any atom is -0.444 e. The molecule has 0 aromatic heterocycles. The fraction of sp³-hybridized carbons (Fsp3) is 0.611. The van der Waals surface area contributed by atoms with E-state index in [0.29, 0.717) is 18.1 Å². The van der Waals surface area contributed by atoms with Crippen LogP contribution in [0.2, 0.25) is 5.02 Å². The van der Waals surface area contributed by atoms with Crippen LogP contribution in [0.1, 0.15) is 46.1 Å². The summed E-state index contributed by atoms with van der Waals surface area (Å²) >= 11 is 6.31. The van der Waals surface area contributed by atoms with Gasteiger partial charge >= 0.3 is 6.09 Å². The Hall–Kier alpha value is -1.27. The zero-order valence-electron chi connectivity index (χ0n) is 15.4. The standard InChI is InChI=1S/C18H26ClNO4S/c1-12(2)11-25(22,23)14-6-7-15(16(19)8-14)13-9-20(10-13)17(21)24-18(3,4)5/h6-8,12-13H,9-11H2,1-5H3. The second-order valence-electron chi connectivity index (χ2n) is 7.94. The lowest BCUT2D eigenvalue weighted by Gasteiger charge is -2.40. The Labute approximate surface area is 155 Å². The molecule has 2 rings (SSSR count). The van der Waals surface area contributed by atoms with Crippen molar-refractivity contribution >= 4 is 27.5 Å². The lowest BCUT2D eigenvalue weighted by Crippen LogP contribution is -2.50. The second-order valence-corrected chi connectivity index (χ2v) is 10.4. The van der Waals surface area contributed by atoms with Crippen molar-refractivity contribution in [2.45, 2.75) is 51.0 Å². The Kier molecular flexibility index (Phi) is 5.74. The summed E-state index contributed by atoms with van der Waals surface area (Å²) in [5.74, 6) is 0.248. The van der Waals surface area contributed by atoms with Gasteiger partial charge in [-0.2, -0.15) is 0 Å². The molecule has 0 bridgehead atoms. The first kappa shape index (κ1) is 20.0. The van der Waals surface area contributed by atoms with E-state index in [9.17, 15) is 13.2 Å². The zero-order chi connectivity index (χ0) is 19.0. The van der Waals surface area contributed by atoms with E-state index in [4.69, 9.17) is 16.3 Å². The van der Waals surface area contributed by atoms with E-state index in [1.54, 1.807) is 17.0 Å². The van der Waals surface area contributed by atoms with Crippen molar-refractivity contribution in [1.82, 2.24) is 4.90 Å². The predicted octanol–water partition coefficient (Wildman–Crippen LogP) is 4.10. The average molecular weight is 388 g/mol. The Bertz CT molecular complexity index is 747. The topological polar surface area (TPSA) is 63.7 Å². The molecule has 0 atom stereocenters. The van der Waals surface area contributed by atoms with Crippen molar-refractivity contribution in [3.63, 3.8) is 0 Å². The molecule has 1 aromatic rings. The molecule has 0 aliphatic carbocycles. The summed E-state index contributed by atoms with van der Waals surface area (Å²) in [6, 6.07) is 4.88. The van der Waals surface area contributed by atoms with Gasteiger partial charge in [-0.05, 0) is 44.4 Å². The molecule has 0 unspecified atom stereocenters. The number of benzene rings is 1. The van der Waals surface area contributed by atoms with Crippen LogP contribution in [0.4, 0.5) is 4.79 Å². The van der Waals surface area contributed by atoms with E-state index >= 15 is 0 Å². The highest BCUT2D eigenvalue weighted by Crippen LogP contribution is 2.34. The molecular weight excluding hydrogens is 362 g/mol. The lowest BCUT2D eigenvalue weighted by atomic mass is 9.92. The molecule has 5 nitrogen and oxygen atoms in total. The number of carbonyl (C=O) groups is 1. The molecule has 1 saturated heterocycles. The lowest BCUT2D eigenvalue weighted by molar-refractivity contribution is 0.00819. The third-order valence-electron chi connectivity index (χ3n) is 3.86. The molecule has 25 heavy (non-hydrogen) atoms. The third kappa shape index (κ3) is 5.11. The fourth-order valence-corrected chi connectivity index (χ4v) is 4.76. The maximum absolute atomic E-state index is 12.3. The Morgan fingerprint density at radius 1 is 1.32 bits per heavy atom. The summed E-state index contributed by atoms with van der Waals surface area (Å²) in [6.45, 7) is 10.3. The number of sulfone groups is 1. The Morgan fingerprint density at radius 2 is 1.92 bits per heavy atom. The van der Waals surface area contributed by atoms with Crippen LogP contribution < -0.4 is 0 Å². The number of likely N-dealkylation sites (tertiary alicyclic amines) is 1. The number of ether oxygens (including phenoxy) is 1. The smallest absolute Gasteiger partial charge is 0.410 e. The van der Waals surface area contributed by atoms with E-state index in [2.05, 4.69) is 0 Å². The predicted molar refractivity (Wildman–Crippen MR) is 98.9 cm³/mol. The highest BCUT2D eigenvalue weighted by Gasteiger charge is 2.35. The summed E-state index contributed by atoms with van der Waals surface area (Å²) in [7, 11) is -3.33. The number of amides is 1. The SMILES string of the molecule is CC(C)CS(=O)(=O)c1ccc(C2CN(C(=O)OC(C)(C)C)C2)c(Cl)c1. The number of hydrogen-bond donors (Lipinski definition) is 0. The van der Waals surface area contributed by atoms with E-state index in [0.717, 1.165) is 5.56 Å². The largest absolute Gasteiger partial charge is 0.444 e. The van der Waals surface area contributed by atoms with Crippen molar-refractivity contribution in [1.29, 1.82) is 0 Å². The van der Waals surface area contributed by atoms with Gasteiger partial charge in [-0.15, -0.1) is 0 Å².